The lowest BCUT2D eigenvalue weighted by Crippen LogP contribution is -2.30. The highest BCUT2D eigenvalue weighted by Crippen LogP contribution is 2.34. The molecule has 5 nitrogen and oxygen atoms in total. The van der Waals surface area contributed by atoms with Crippen LogP contribution in [0.4, 0.5) is 24.7 Å². The summed E-state index contributed by atoms with van der Waals surface area (Å²) < 4.78 is 38.5. The SMILES string of the molecule is O=C(CSc1nccc(N2CCCCC2)n1)Nc1cc(C(F)(F)F)ccc1Cl. The van der Waals surface area contributed by atoms with Crippen LogP contribution in [-0.2, 0) is 11.0 Å². The number of anilines is 2. The zero-order valence-corrected chi connectivity index (χ0v) is 16.4. The maximum atomic E-state index is 12.8. The van der Waals surface area contributed by atoms with Gasteiger partial charge in [-0.2, -0.15) is 13.2 Å². The molecule has 0 saturated carbocycles. The predicted octanol–water partition coefficient (Wildman–Crippen LogP) is 4.87. The number of halogens is 4. The van der Waals surface area contributed by atoms with Gasteiger partial charge in [-0.05, 0) is 43.5 Å². The van der Waals surface area contributed by atoms with Gasteiger partial charge in [-0.3, -0.25) is 4.79 Å². The van der Waals surface area contributed by atoms with Gasteiger partial charge in [0, 0.05) is 19.3 Å². The highest BCUT2D eigenvalue weighted by molar-refractivity contribution is 7.99. The molecular weight excluding hydrogens is 413 g/mol. The molecule has 1 saturated heterocycles. The Kier molecular flexibility index (Phi) is 6.66. The van der Waals surface area contributed by atoms with Gasteiger partial charge in [0.25, 0.3) is 0 Å². The highest BCUT2D eigenvalue weighted by Gasteiger charge is 2.31. The number of alkyl halides is 3. The van der Waals surface area contributed by atoms with Gasteiger partial charge in [0.05, 0.1) is 22.0 Å². The van der Waals surface area contributed by atoms with Gasteiger partial charge in [-0.15, -0.1) is 0 Å². The minimum atomic E-state index is -4.51. The number of hydrogen-bond donors (Lipinski definition) is 1. The molecule has 1 amide bonds. The van der Waals surface area contributed by atoms with E-state index in [-0.39, 0.29) is 16.5 Å². The Hall–Kier alpha value is -2.00. The number of thioether (sulfide) groups is 1. The molecule has 10 heteroatoms. The summed E-state index contributed by atoms with van der Waals surface area (Å²) in [5.74, 6) is 0.285. The monoisotopic (exact) mass is 430 g/mol. The second-order valence-corrected chi connectivity index (χ2v) is 7.62. The number of amides is 1. The van der Waals surface area contributed by atoms with Gasteiger partial charge in [-0.1, -0.05) is 23.4 Å². The van der Waals surface area contributed by atoms with Gasteiger partial charge in [0.15, 0.2) is 5.16 Å². The Labute approximate surface area is 169 Å². The van der Waals surface area contributed by atoms with Crippen LogP contribution in [0.25, 0.3) is 0 Å². The fourth-order valence-electron chi connectivity index (χ4n) is 2.81. The third-order valence-corrected chi connectivity index (χ3v) is 5.39. The van der Waals surface area contributed by atoms with Gasteiger partial charge in [0.2, 0.25) is 5.91 Å². The van der Waals surface area contributed by atoms with E-state index >= 15 is 0 Å². The molecule has 28 heavy (non-hydrogen) atoms. The van der Waals surface area contributed by atoms with E-state index in [1.807, 2.05) is 6.07 Å². The molecule has 0 bridgehead atoms. The van der Waals surface area contributed by atoms with E-state index in [1.165, 1.54) is 6.42 Å². The van der Waals surface area contributed by atoms with Crippen LogP contribution in [0.1, 0.15) is 24.8 Å². The predicted molar refractivity (Wildman–Crippen MR) is 104 cm³/mol. The lowest BCUT2D eigenvalue weighted by atomic mass is 10.1. The number of piperidine rings is 1. The zero-order chi connectivity index (χ0) is 20.1. The Morgan fingerprint density at radius 2 is 1.96 bits per heavy atom. The van der Waals surface area contributed by atoms with Crippen molar-refractivity contribution < 1.29 is 18.0 Å². The Bertz CT molecular complexity index is 844. The van der Waals surface area contributed by atoms with Crippen molar-refractivity contribution in [3.05, 3.63) is 41.0 Å². The summed E-state index contributed by atoms with van der Waals surface area (Å²) in [6.07, 6.45) is 0.573. The summed E-state index contributed by atoms with van der Waals surface area (Å²) in [4.78, 5) is 22.9. The molecule has 1 aromatic heterocycles. The van der Waals surface area contributed by atoms with Crippen molar-refractivity contribution >= 4 is 40.8 Å². The summed E-state index contributed by atoms with van der Waals surface area (Å²) >= 11 is 7.01. The largest absolute Gasteiger partial charge is 0.416 e. The van der Waals surface area contributed by atoms with E-state index in [4.69, 9.17) is 11.6 Å². The smallest absolute Gasteiger partial charge is 0.356 e. The molecule has 0 atom stereocenters. The lowest BCUT2D eigenvalue weighted by Gasteiger charge is -2.27. The van der Waals surface area contributed by atoms with Crippen LogP contribution in [0.5, 0.6) is 0 Å². The molecule has 1 aliphatic heterocycles. The maximum Gasteiger partial charge on any atom is 0.416 e. The number of nitrogens with zero attached hydrogens (tertiary/aromatic N) is 3. The Balaban J connectivity index is 1.60. The average Bonchev–Trinajstić information content (AvgIpc) is 2.68. The summed E-state index contributed by atoms with van der Waals surface area (Å²) in [5.41, 5.74) is -0.956. The van der Waals surface area contributed by atoms with E-state index in [0.717, 1.165) is 61.7 Å². The summed E-state index contributed by atoms with van der Waals surface area (Å²) in [6.45, 7) is 1.88. The number of carbonyl (C=O) groups excluding carboxylic acids is 1. The minimum Gasteiger partial charge on any atom is -0.356 e. The van der Waals surface area contributed by atoms with Crippen LogP contribution >= 0.6 is 23.4 Å². The number of carbonyl (C=O) groups is 1. The number of nitrogens with one attached hydrogen (secondary N) is 1. The topological polar surface area (TPSA) is 58.1 Å². The molecule has 1 aliphatic rings. The fraction of sp³-hybridized carbons (Fsp3) is 0.389. The number of benzene rings is 1. The normalized spacial score (nSPS) is 14.8. The zero-order valence-electron chi connectivity index (χ0n) is 14.8. The van der Waals surface area contributed by atoms with Gasteiger partial charge >= 0.3 is 6.18 Å². The first-order valence-corrected chi connectivity index (χ1v) is 10.1. The Morgan fingerprint density at radius 3 is 2.68 bits per heavy atom. The first-order chi connectivity index (χ1) is 13.3. The molecule has 0 spiro atoms. The number of aromatic nitrogens is 2. The quantitative estimate of drug-likeness (QED) is 0.541. The molecule has 2 aromatic rings. The molecule has 150 valence electrons. The van der Waals surface area contributed by atoms with Crippen LogP contribution in [0, 0.1) is 0 Å². The van der Waals surface area contributed by atoms with E-state index in [1.54, 1.807) is 6.20 Å². The average molecular weight is 431 g/mol. The van der Waals surface area contributed by atoms with Crippen LogP contribution in [0.2, 0.25) is 5.02 Å². The molecule has 1 N–H and O–H groups in total. The van der Waals surface area contributed by atoms with Gasteiger partial charge in [0.1, 0.15) is 5.82 Å². The molecule has 2 heterocycles. The summed E-state index contributed by atoms with van der Waals surface area (Å²) in [7, 11) is 0. The standard InChI is InChI=1S/C18H18ClF3N4OS/c19-13-5-4-12(18(20,21)22)10-14(13)24-16(27)11-28-17-23-7-6-15(25-17)26-8-2-1-3-9-26/h4-7,10H,1-3,8-9,11H2,(H,24,27). The fourth-order valence-corrected chi connectivity index (χ4v) is 3.60. The van der Waals surface area contributed by atoms with Gasteiger partial charge < -0.3 is 10.2 Å². The summed E-state index contributed by atoms with van der Waals surface area (Å²) in [6, 6.07) is 4.63. The maximum absolute atomic E-state index is 12.8. The first kappa shape index (κ1) is 20.7. The lowest BCUT2D eigenvalue weighted by molar-refractivity contribution is -0.137. The molecule has 0 aliphatic carbocycles. The third kappa shape index (κ3) is 5.51. The molecule has 1 aromatic carbocycles. The van der Waals surface area contributed by atoms with Crippen molar-refractivity contribution in [1.82, 2.24) is 9.97 Å². The van der Waals surface area contributed by atoms with Gasteiger partial charge in [-0.25, -0.2) is 9.97 Å². The van der Waals surface area contributed by atoms with Crippen LogP contribution in [0.3, 0.4) is 0 Å². The van der Waals surface area contributed by atoms with E-state index in [2.05, 4.69) is 20.2 Å². The van der Waals surface area contributed by atoms with Crippen LogP contribution in [0.15, 0.2) is 35.6 Å². The number of hydrogen-bond acceptors (Lipinski definition) is 5. The van der Waals surface area contributed by atoms with Crippen molar-refractivity contribution in [3.8, 4) is 0 Å². The van der Waals surface area contributed by atoms with Crippen molar-refractivity contribution in [2.24, 2.45) is 0 Å². The van der Waals surface area contributed by atoms with Crippen molar-refractivity contribution in [3.63, 3.8) is 0 Å². The van der Waals surface area contributed by atoms with Crippen molar-refractivity contribution in [1.29, 1.82) is 0 Å². The molecular formula is C18H18ClF3N4OS. The Morgan fingerprint density at radius 1 is 1.21 bits per heavy atom. The minimum absolute atomic E-state index is 0.0368. The highest BCUT2D eigenvalue weighted by atomic mass is 35.5. The molecule has 0 unspecified atom stereocenters. The van der Waals surface area contributed by atoms with E-state index in [0.29, 0.717) is 5.16 Å². The molecule has 3 rings (SSSR count). The number of rotatable bonds is 5. The molecule has 0 radical (unpaired) electrons. The van der Waals surface area contributed by atoms with Crippen LogP contribution in [-0.4, -0.2) is 34.7 Å². The summed E-state index contributed by atoms with van der Waals surface area (Å²) in [5, 5.41) is 2.89. The second-order valence-electron chi connectivity index (χ2n) is 6.27. The van der Waals surface area contributed by atoms with Crippen LogP contribution < -0.4 is 10.2 Å². The first-order valence-electron chi connectivity index (χ1n) is 8.70. The van der Waals surface area contributed by atoms with Crippen molar-refractivity contribution in [2.75, 3.05) is 29.1 Å². The van der Waals surface area contributed by atoms with E-state index < -0.39 is 17.6 Å². The van der Waals surface area contributed by atoms with E-state index in [9.17, 15) is 18.0 Å². The third-order valence-electron chi connectivity index (χ3n) is 4.20. The second kappa shape index (κ2) is 9.00. The molecule has 1 fully saturated rings. The van der Waals surface area contributed by atoms with Crippen molar-refractivity contribution in [2.45, 2.75) is 30.6 Å².